The first-order chi connectivity index (χ1) is 16.8. The molecule has 0 radical (unpaired) electrons. The molecular weight excluding hydrogens is 452 g/mol. The number of carbonyl (C=O) groups is 3. The summed E-state index contributed by atoms with van der Waals surface area (Å²) >= 11 is 0. The maximum Gasteiger partial charge on any atom is 0.358 e. The van der Waals surface area contributed by atoms with Gasteiger partial charge < -0.3 is 19.5 Å². The first kappa shape index (κ1) is 24.6. The molecule has 1 aliphatic heterocycles. The van der Waals surface area contributed by atoms with E-state index in [0.717, 1.165) is 38.5 Å². The van der Waals surface area contributed by atoms with Crippen LogP contribution in [-0.2, 0) is 16.1 Å². The topological polar surface area (TPSA) is 112 Å². The molecule has 2 aromatic rings. The standard InChI is InChI=1S/C25H32N4O6/c1-25(24(32)26-16-9-7-5-6-8-10-16)15-28-21(14-20(27-28)23(31)35-4)22(30)29(25)17-11-18(33-2)13-19(12-17)34-3/h11-14,16H,5-10,15H2,1-4H3,(H,26,32)/t25-/m0/s1. The summed E-state index contributed by atoms with van der Waals surface area (Å²) in [6, 6.07) is 6.50. The van der Waals surface area contributed by atoms with Crippen molar-refractivity contribution in [2.45, 2.75) is 63.6 Å². The van der Waals surface area contributed by atoms with Crippen molar-refractivity contribution >= 4 is 23.5 Å². The molecule has 1 aromatic heterocycles. The Bertz CT molecular complexity index is 1100. The number of rotatable bonds is 6. The van der Waals surface area contributed by atoms with Crippen molar-refractivity contribution in [3.05, 3.63) is 35.7 Å². The van der Waals surface area contributed by atoms with Gasteiger partial charge >= 0.3 is 5.97 Å². The molecule has 2 heterocycles. The first-order valence-corrected chi connectivity index (χ1v) is 11.9. The second-order valence-corrected chi connectivity index (χ2v) is 9.21. The summed E-state index contributed by atoms with van der Waals surface area (Å²) in [6.45, 7) is 1.77. The number of carbonyl (C=O) groups excluding carboxylic acids is 3. The summed E-state index contributed by atoms with van der Waals surface area (Å²) in [6.07, 6.45) is 6.24. The van der Waals surface area contributed by atoms with Crippen molar-refractivity contribution in [3.8, 4) is 11.5 Å². The van der Waals surface area contributed by atoms with Gasteiger partial charge in [-0.05, 0) is 19.8 Å². The summed E-state index contributed by atoms with van der Waals surface area (Å²) in [4.78, 5) is 41.3. The molecule has 10 nitrogen and oxygen atoms in total. The van der Waals surface area contributed by atoms with E-state index in [9.17, 15) is 14.4 Å². The van der Waals surface area contributed by atoms with E-state index in [0.29, 0.717) is 17.2 Å². The third-order valence-corrected chi connectivity index (χ3v) is 6.82. The number of benzene rings is 1. The zero-order chi connectivity index (χ0) is 25.2. The molecule has 1 saturated carbocycles. The lowest BCUT2D eigenvalue weighted by Gasteiger charge is -2.43. The van der Waals surface area contributed by atoms with Crippen LogP contribution in [0, 0.1) is 0 Å². The largest absolute Gasteiger partial charge is 0.497 e. The van der Waals surface area contributed by atoms with Crippen molar-refractivity contribution in [3.63, 3.8) is 0 Å². The van der Waals surface area contributed by atoms with E-state index in [1.54, 1.807) is 25.1 Å². The van der Waals surface area contributed by atoms with Crippen LogP contribution in [0.15, 0.2) is 24.3 Å². The lowest BCUT2D eigenvalue weighted by molar-refractivity contribution is -0.127. The van der Waals surface area contributed by atoms with Gasteiger partial charge in [-0.2, -0.15) is 5.10 Å². The van der Waals surface area contributed by atoms with Crippen molar-refractivity contribution in [1.29, 1.82) is 0 Å². The number of fused-ring (bicyclic) bond motifs is 1. The van der Waals surface area contributed by atoms with E-state index >= 15 is 0 Å². The molecule has 1 N–H and O–H groups in total. The molecule has 1 aromatic carbocycles. The quantitative estimate of drug-likeness (QED) is 0.496. The van der Waals surface area contributed by atoms with E-state index in [4.69, 9.17) is 14.2 Å². The minimum atomic E-state index is -1.33. The van der Waals surface area contributed by atoms with Crippen LogP contribution >= 0.6 is 0 Å². The fourth-order valence-corrected chi connectivity index (χ4v) is 4.88. The highest BCUT2D eigenvalue weighted by Crippen LogP contribution is 2.37. The van der Waals surface area contributed by atoms with E-state index in [2.05, 4.69) is 10.4 Å². The minimum absolute atomic E-state index is 0.00690. The van der Waals surface area contributed by atoms with Gasteiger partial charge in [0.1, 0.15) is 22.7 Å². The predicted octanol–water partition coefficient (Wildman–Crippen LogP) is 2.95. The average Bonchev–Trinajstić information content (AvgIpc) is 3.11. The number of nitrogens with zero attached hydrogens (tertiary/aromatic N) is 3. The Hall–Kier alpha value is -3.56. The molecule has 1 aliphatic carbocycles. The molecular formula is C25H32N4O6. The Morgan fingerprint density at radius 1 is 1.00 bits per heavy atom. The van der Waals surface area contributed by atoms with Gasteiger partial charge in [-0.25, -0.2) is 4.79 Å². The lowest BCUT2D eigenvalue weighted by atomic mass is 9.93. The van der Waals surface area contributed by atoms with Gasteiger partial charge in [-0.15, -0.1) is 0 Å². The lowest BCUT2D eigenvalue weighted by Crippen LogP contribution is -2.65. The van der Waals surface area contributed by atoms with Crippen LogP contribution in [0.4, 0.5) is 5.69 Å². The number of hydrogen-bond donors (Lipinski definition) is 1. The second kappa shape index (κ2) is 9.97. The van der Waals surface area contributed by atoms with E-state index < -0.39 is 17.4 Å². The van der Waals surface area contributed by atoms with E-state index in [-0.39, 0.29) is 29.9 Å². The Morgan fingerprint density at radius 3 is 2.20 bits per heavy atom. The number of anilines is 1. The van der Waals surface area contributed by atoms with Crippen molar-refractivity contribution < 1.29 is 28.6 Å². The van der Waals surface area contributed by atoms with Crippen molar-refractivity contribution in [2.24, 2.45) is 0 Å². The summed E-state index contributed by atoms with van der Waals surface area (Å²) in [7, 11) is 4.29. The van der Waals surface area contributed by atoms with Crippen LogP contribution in [0.5, 0.6) is 11.5 Å². The van der Waals surface area contributed by atoms with Crippen LogP contribution < -0.4 is 19.7 Å². The molecule has 0 saturated heterocycles. The number of amides is 2. The van der Waals surface area contributed by atoms with Crippen molar-refractivity contribution in [2.75, 3.05) is 26.2 Å². The number of ether oxygens (including phenoxy) is 3. The number of hydrogen-bond acceptors (Lipinski definition) is 7. The number of methoxy groups -OCH3 is 3. The molecule has 188 valence electrons. The normalized spacial score (nSPS) is 20.6. The predicted molar refractivity (Wildman–Crippen MR) is 128 cm³/mol. The molecule has 1 fully saturated rings. The van der Waals surface area contributed by atoms with Gasteiger partial charge in [0.05, 0.1) is 33.6 Å². The highest BCUT2D eigenvalue weighted by Gasteiger charge is 2.49. The average molecular weight is 485 g/mol. The highest BCUT2D eigenvalue weighted by molar-refractivity contribution is 6.12. The van der Waals surface area contributed by atoms with Crippen LogP contribution in [-0.4, -0.2) is 60.5 Å². The highest BCUT2D eigenvalue weighted by atomic mass is 16.5. The smallest absolute Gasteiger partial charge is 0.358 e. The van der Waals surface area contributed by atoms with Gasteiger partial charge in [0, 0.05) is 30.3 Å². The van der Waals surface area contributed by atoms with Crippen LogP contribution in [0.25, 0.3) is 0 Å². The van der Waals surface area contributed by atoms with Gasteiger partial charge in [-0.3, -0.25) is 19.2 Å². The zero-order valence-corrected chi connectivity index (χ0v) is 20.6. The monoisotopic (exact) mass is 484 g/mol. The van der Waals surface area contributed by atoms with Crippen LogP contribution in [0.3, 0.4) is 0 Å². The fourth-order valence-electron chi connectivity index (χ4n) is 4.88. The third kappa shape index (κ3) is 4.69. The minimum Gasteiger partial charge on any atom is -0.497 e. The molecule has 0 unspecified atom stereocenters. The molecule has 10 heteroatoms. The molecule has 1 atom stereocenters. The van der Waals surface area contributed by atoms with E-state index in [1.165, 1.54) is 37.0 Å². The summed E-state index contributed by atoms with van der Waals surface area (Å²) in [5, 5.41) is 7.46. The third-order valence-electron chi connectivity index (χ3n) is 6.82. The first-order valence-electron chi connectivity index (χ1n) is 11.9. The Morgan fingerprint density at radius 2 is 1.63 bits per heavy atom. The summed E-state index contributed by atoms with van der Waals surface area (Å²) in [5.74, 6) is -0.437. The zero-order valence-electron chi connectivity index (χ0n) is 20.6. The molecule has 2 amide bonds. The van der Waals surface area contributed by atoms with Crippen LogP contribution in [0.1, 0.15) is 66.4 Å². The molecule has 0 bridgehead atoms. The van der Waals surface area contributed by atoms with Gasteiger partial charge in [0.25, 0.3) is 5.91 Å². The number of esters is 1. The second-order valence-electron chi connectivity index (χ2n) is 9.21. The fraction of sp³-hybridized carbons (Fsp3) is 0.520. The Labute approximate surface area is 204 Å². The molecule has 4 rings (SSSR count). The Kier molecular flexibility index (Phi) is 7.00. The molecule has 0 spiro atoms. The van der Waals surface area contributed by atoms with Gasteiger partial charge in [0.15, 0.2) is 5.69 Å². The summed E-state index contributed by atoms with van der Waals surface area (Å²) in [5.41, 5.74) is -0.691. The molecule has 35 heavy (non-hydrogen) atoms. The maximum absolute atomic E-state index is 13.9. The molecule has 2 aliphatic rings. The number of nitrogens with one attached hydrogen (secondary N) is 1. The van der Waals surface area contributed by atoms with Crippen molar-refractivity contribution in [1.82, 2.24) is 15.1 Å². The summed E-state index contributed by atoms with van der Waals surface area (Å²) < 4.78 is 17.0. The SMILES string of the molecule is COC(=O)c1cc2n(n1)C[C@@](C)(C(=O)NC1CCCCCC1)N(c1cc(OC)cc(OC)c1)C2=O. The maximum atomic E-state index is 13.9. The van der Waals surface area contributed by atoms with E-state index in [1.807, 2.05) is 0 Å². The Balaban J connectivity index is 1.79. The van der Waals surface area contributed by atoms with Gasteiger partial charge in [-0.1, -0.05) is 25.7 Å². The number of aromatic nitrogens is 2. The van der Waals surface area contributed by atoms with Crippen LogP contribution in [0.2, 0.25) is 0 Å². The van der Waals surface area contributed by atoms with Gasteiger partial charge in [0.2, 0.25) is 5.91 Å².